The van der Waals surface area contributed by atoms with E-state index in [4.69, 9.17) is 4.74 Å². The molecule has 0 aliphatic rings. The third kappa shape index (κ3) is 3.58. The summed E-state index contributed by atoms with van der Waals surface area (Å²) in [6.45, 7) is 8.83. The van der Waals surface area contributed by atoms with E-state index in [0.29, 0.717) is 6.61 Å². The smallest absolute Gasteiger partial charge is 0.140 e. The van der Waals surface area contributed by atoms with Crippen molar-refractivity contribution in [3.63, 3.8) is 0 Å². The van der Waals surface area contributed by atoms with Gasteiger partial charge in [0.2, 0.25) is 0 Å². The van der Waals surface area contributed by atoms with Crippen LogP contribution in [0.15, 0.2) is 24.3 Å². The average Bonchev–Trinajstić information content (AvgIpc) is 2.80. The molecule has 1 aromatic heterocycles. The summed E-state index contributed by atoms with van der Waals surface area (Å²) >= 11 is 1.52. The van der Waals surface area contributed by atoms with Gasteiger partial charge in [0.05, 0.1) is 17.2 Å². The van der Waals surface area contributed by atoms with Crippen molar-refractivity contribution in [1.82, 2.24) is 4.98 Å². The van der Waals surface area contributed by atoms with E-state index in [2.05, 4.69) is 25.8 Å². The Morgan fingerprint density at radius 2 is 2.05 bits per heavy atom. The maximum Gasteiger partial charge on any atom is 0.140 e. The van der Waals surface area contributed by atoms with E-state index in [1.165, 1.54) is 16.9 Å². The van der Waals surface area contributed by atoms with Crippen LogP contribution < -0.4 is 4.74 Å². The summed E-state index contributed by atoms with van der Waals surface area (Å²) < 4.78 is 5.76. The number of aliphatic hydroxyl groups excluding tert-OH is 1. The minimum absolute atomic E-state index is 0.0364. The van der Waals surface area contributed by atoms with Gasteiger partial charge in [-0.05, 0) is 24.6 Å². The molecule has 0 bridgehead atoms. The molecule has 1 heterocycles. The number of thiazole rings is 1. The minimum atomic E-state index is -0.0594. The highest BCUT2D eigenvalue weighted by Gasteiger charge is 2.22. The first-order valence-electron chi connectivity index (χ1n) is 6.69. The topological polar surface area (TPSA) is 42.4 Å². The summed E-state index contributed by atoms with van der Waals surface area (Å²) in [7, 11) is 0. The van der Waals surface area contributed by atoms with Gasteiger partial charge in [-0.2, -0.15) is 0 Å². The second kappa shape index (κ2) is 5.94. The number of nitrogens with zero attached hydrogens (tertiary/aromatic N) is 1. The number of hydrogen-bond donors (Lipinski definition) is 1. The van der Waals surface area contributed by atoms with E-state index >= 15 is 0 Å². The fourth-order valence-corrected chi connectivity index (χ4v) is 3.06. The molecule has 2 rings (SSSR count). The molecule has 0 aliphatic heterocycles. The lowest BCUT2D eigenvalue weighted by Gasteiger charge is -2.16. The van der Waals surface area contributed by atoms with Crippen LogP contribution in [0.3, 0.4) is 0 Å². The third-order valence-electron chi connectivity index (χ3n) is 2.95. The zero-order chi connectivity index (χ0) is 14.8. The van der Waals surface area contributed by atoms with Gasteiger partial charge < -0.3 is 9.84 Å². The number of rotatable bonds is 4. The Balaban J connectivity index is 2.12. The summed E-state index contributed by atoms with van der Waals surface area (Å²) in [5.74, 6) is 0.850. The van der Waals surface area contributed by atoms with Crippen LogP contribution in [0.2, 0.25) is 0 Å². The fourth-order valence-electron chi connectivity index (χ4n) is 2.01. The first-order chi connectivity index (χ1) is 9.40. The van der Waals surface area contributed by atoms with Crippen molar-refractivity contribution in [2.75, 3.05) is 0 Å². The Hall–Kier alpha value is -1.39. The van der Waals surface area contributed by atoms with Crippen LogP contribution >= 0.6 is 11.3 Å². The second-order valence-electron chi connectivity index (χ2n) is 5.89. The van der Waals surface area contributed by atoms with Crippen LogP contribution in [0.25, 0.3) is 0 Å². The highest BCUT2D eigenvalue weighted by Crippen LogP contribution is 2.30. The van der Waals surface area contributed by atoms with Crippen molar-refractivity contribution in [3.05, 3.63) is 45.4 Å². The molecule has 0 radical (unpaired) electrons. The van der Waals surface area contributed by atoms with Crippen molar-refractivity contribution >= 4 is 11.3 Å². The molecule has 0 saturated carbocycles. The Bertz CT molecular complexity index is 584. The Morgan fingerprint density at radius 1 is 1.30 bits per heavy atom. The Labute approximate surface area is 124 Å². The van der Waals surface area contributed by atoms with Crippen molar-refractivity contribution in [3.8, 4) is 5.75 Å². The molecule has 2 aromatic rings. The van der Waals surface area contributed by atoms with Crippen LogP contribution in [-0.4, -0.2) is 10.1 Å². The monoisotopic (exact) mass is 291 g/mol. The number of ether oxygens (including phenoxy) is 1. The van der Waals surface area contributed by atoms with Crippen LogP contribution in [-0.2, 0) is 18.6 Å². The van der Waals surface area contributed by atoms with Crippen molar-refractivity contribution in [2.24, 2.45) is 0 Å². The highest BCUT2D eigenvalue weighted by atomic mass is 32.1. The van der Waals surface area contributed by atoms with Crippen molar-refractivity contribution in [2.45, 2.75) is 46.3 Å². The molecule has 108 valence electrons. The number of aromatic nitrogens is 1. The van der Waals surface area contributed by atoms with Gasteiger partial charge >= 0.3 is 0 Å². The molecular formula is C16H21NO2S. The van der Waals surface area contributed by atoms with E-state index in [-0.39, 0.29) is 12.0 Å². The average molecular weight is 291 g/mol. The van der Waals surface area contributed by atoms with Gasteiger partial charge in [0, 0.05) is 5.41 Å². The maximum absolute atomic E-state index is 9.45. The predicted molar refractivity (Wildman–Crippen MR) is 82.2 cm³/mol. The van der Waals surface area contributed by atoms with Crippen LogP contribution in [0.1, 0.15) is 41.9 Å². The molecule has 20 heavy (non-hydrogen) atoms. The zero-order valence-corrected chi connectivity index (χ0v) is 13.3. The van der Waals surface area contributed by atoms with Gasteiger partial charge in [-0.25, -0.2) is 4.98 Å². The van der Waals surface area contributed by atoms with Crippen LogP contribution in [0.5, 0.6) is 5.75 Å². The van der Waals surface area contributed by atoms with E-state index < -0.39 is 0 Å². The van der Waals surface area contributed by atoms with Crippen molar-refractivity contribution < 1.29 is 9.84 Å². The number of hydrogen-bond acceptors (Lipinski definition) is 4. The standard InChI is InChI=1S/C16H21NO2S/c1-11-6-5-7-12(8-11)19-10-14-17-15(16(2,3)4)13(9-18)20-14/h5-8,18H,9-10H2,1-4H3. The van der Waals surface area contributed by atoms with Gasteiger partial charge in [0.25, 0.3) is 0 Å². The van der Waals surface area contributed by atoms with E-state index in [0.717, 1.165) is 21.3 Å². The molecule has 3 nitrogen and oxygen atoms in total. The lowest BCUT2D eigenvalue weighted by atomic mass is 9.91. The van der Waals surface area contributed by atoms with E-state index in [9.17, 15) is 5.11 Å². The summed E-state index contributed by atoms with van der Waals surface area (Å²) in [6.07, 6.45) is 0. The molecule has 1 N–H and O–H groups in total. The molecule has 4 heteroatoms. The quantitative estimate of drug-likeness (QED) is 0.931. The highest BCUT2D eigenvalue weighted by molar-refractivity contribution is 7.11. The molecule has 0 amide bonds. The second-order valence-corrected chi connectivity index (χ2v) is 7.06. The molecule has 1 aromatic carbocycles. The predicted octanol–water partition coefficient (Wildman–Crippen LogP) is 3.82. The zero-order valence-electron chi connectivity index (χ0n) is 12.4. The molecule has 0 aliphatic carbocycles. The largest absolute Gasteiger partial charge is 0.486 e. The van der Waals surface area contributed by atoms with Crippen LogP contribution in [0, 0.1) is 6.92 Å². The first kappa shape index (κ1) is 15.0. The van der Waals surface area contributed by atoms with Gasteiger partial charge in [-0.1, -0.05) is 32.9 Å². The van der Waals surface area contributed by atoms with E-state index in [1.54, 1.807) is 0 Å². The van der Waals surface area contributed by atoms with Gasteiger partial charge in [0.15, 0.2) is 0 Å². The normalized spacial score (nSPS) is 11.7. The van der Waals surface area contributed by atoms with E-state index in [1.807, 2.05) is 31.2 Å². The molecular weight excluding hydrogens is 270 g/mol. The number of benzene rings is 1. The molecule has 0 fully saturated rings. The minimum Gasteiger partial charge on any atom is -0.486 e. The molecule has 0 atom stereocenters. The van der Waals surface area contributed by atoms with Crippen LogP contribution in [0.4, 0.5) is 0 Å². The fraction of sp³-hybridized carbons (Fsp3) is 0.438. The van der Waals surface area contributed by atoms with Crippen molar-refractivity contribution in [1.29, 1.82) is 0 Å². The molecule has 0 unspecified atom stereocenters. The molecule has 0 saturated heterocycles. The summed E-state index contributed by atoms with van der Waals surface area (Å²) in [4.78, 5) is 5.55. The lowest BCUT2D eigenvalue weighted by molar-refractivity contribution is 0.282. The summed E-state index contributed by atoms with van der Waals surface area (Å²) in [5.41, 5.74) is 2.08. The SMILES string of the molecule is Cc1cccc(OCc2nc(C(C)(C)C)c(CO)s2)c1. The summed E-state index contributed by atoms with van der Waals surface area (Å²) in [5, 5.41) is 10.3. The van der Waals surface area contributed by atoms with Gasteiger partial charge in [0.1, 0.15) is 17.4 Å². The third-order valence-corrected chi connectivity index (χ3v) is 3.96. The molecule has 0 spiro atoms. The number of aliphatic hydroxyl groups is 1. The first-order valence-corrected chi connectivity index (χ1v) is 7.51. The summed E-state index contributed by atoms with van der Waals surface area (Å²) in [6, 6.07) is 7.97. The maximum atomic E-state index is 9.45. The Morgan fingerprint density at radius 3 is 2.60 bits per heavy atom. The van der Waals surface area contributed by atoms with Gasteiger partial charge in [-0.3, -0.25) is 0 Å². The lowest BCUT2D eigenvalue weighted by Crippen LogP contribution is -2.14. The number of aryl methyl sites for hydroxylation is 1. The Kier molecular flexibility index (Phi) is 4.45. The van der Waals surface area contributed by atoms with Gasteiger partial charge in [-0.15, -0.1) is 11.3 Å².